The number of hydrogen-bond donors (Lipinski definition) is 2. The highest BCUT2D eigenvalue weighted by molar-refractivity contribution is 5.29. The molecule has 5 nitrogen and oxygen atoms in total. The zero-order chi connectivity index (χ0) is 16.9. The van der Waals surface area contributed by atoms with Crippen LogP contribution >= 0.6 is 0 Å². The van der Waals surface area contributed by atoms with Gasteiger partial charge in [0.2, 0.25) is 0 Å². The predicted octanol–water partition coefficient (Wildman–Crippen LogP) is 4.03. The van der Waals surface area contributed by atoms with E-state index in [9.17, 15) is 0 Å². The third-order valence-corrected chi connectivity index (χ3v) is 4.09. The first kappa shape index (κ1) is 15.4. The molecule has 0 aliphatic heterocycles. The molecule has 124 valence electrons. The van der Waals surface area contributed by atoms with Crippen LogP contribution in [0.1, 0.15) is 34.7 Å². The molecule has 4 rings (SSSR count). The Morgan fingerprint density at radius 2 is 1.04 bits per heavy atom. The molecule has 2 unspecified atom stereocenters. The van der Waals surface area contributed by atoms with E-state index in [1.807, 2.05) is 48.5 Å². The van der Waals surface area contributed by atoms with E-state index < -0.39 is 0 Å². The third-order valence-electron chi connectivity index (χ3n) is 4.09. The highest BCUT2D eigenvalue weighted by atomic mass is 16.5. The molecule has 4 aromatic rings. The predicted molar refractivity (Wildman–Crippen MR) is 94.8 cm³/mol. The van der Waals surface area contributed by atoms with Crippen molar-refractivity contribution in [1.82, 2.24) is 20.4 Å². The fourth-order valence-corrected chi connectivity index (χ4v) is 2.88. The fraction of sp³-hybridized carbons (Fsp3) is 0.100. The maximum atomic E-state index is 6.57. The summed E-state index contributed by atoms with van der Waals surface area (Å²) in [6, 6.07) is 24.1. The molecule has 5 heteroatoms. The van der Waals surface area contributed by atoms with Crippen molar-refractivity contribution < 1.29 is 4.74 Å². The molecule has 0 spiro atoms. The average molecular weight is 330 g/mol. The standard InChI is InChI=1S/C20H18N4O/c1-3-7-15(8-4-1)19(17-11-13-21-23-17)25-20(18-12-14-22-24-18)16-9-5-2-6-10-16/h1-14,19-20H,(H,21,23)(H,22,24). The number of hydrogen-bond acceptors (Lipinski definition) is 3. The first-order valence-corrected chi connectivity index (χ1v) is 8.16. The fourth-order valence-electron chi connectivity index (χ4n) is 2.88. The van der Waals surface area contributed by atoms with Crippen molar-refractivity contribution in [3.05, 3.63) is 108 Å². The lowest BCUT2D eigenvalue weighted by atomic mass is 10.0. The van der Waals surface area contributed by atoms with E-state index in [0.717, 1.165) is 22.5 Å². The molecule has 0 aliphatic carbocycles. The Labute approximate surface area is 145 Å². The van der Waals surface area contributed by atoms with Crippen LogP contribution in [0.15, 0.2) is 85.2 Å². The number of nitrogens with zero attached hydrogens (tertiary/aromatic N) is 2. The van der Waals surface area contributed by atoms with Gasteiger partial charge in [-0.25, -0.2) is 0 Å². The Bertz CT molecular complexity index is 798. The van der Waals surface area contributed by atoms with Crippen LogP contribution in [0.3, 0.4) is 0 Å². The minimum atomic E-state index is -0.266. The number of H-pyrrole nitrogens is 2. The first-order chi connectivity index (χ1) is 12.4. The van der Waals surface area contributed by atoms with Crippen LogP contribution in [0, 0.1) is 0 Å². The first-order valence-electron chi connectivity index (χ1n) is 8.16. The maximum absolute atomic E-state index is 6.57. The molecule has 2 heterocycles. The van der Waals surface area contributed by atoms with Crippen LogP contribution in [0.5, 0.6) is 0 Å². The van der Waals surface area contributed by atoms with Gasteiger partial charge in [-0.1, -0.05) is 60.7 Å². The van der Waals surface area contributed by atoms with Gasteiger partial charge in [-0.05, 0) is 23.3 Å². The minimum absolute atomic E-state index is 0.266. The van der Waals surface area contributed by atoms with Crippen LogP contribution in [-0.2, 0) is 4.74 Å². The number of aromatic nitrogens is 4. The second-order valence-electron chi connectivity index (χ2n) is 5.74. The SMILES string of the molecule is c1ccc(C(OC(c2ccccc2)c2ccn[nH]2)c2ccn[nH]2)cc1. The smallest absolute Gasteiger partial charge is 0.125 e. The van der Waals surface area contributed by atoms with E-state index in [2.05, 4.69) is 44.7 Å². The molecular formula is C20H18N4O. The lowest BCUT2D eigenvalue weighted by Gasteiger charge is -2.24. The molecule has 0 fully saturated rings. The van der Waals surface area contributed by atoms with E-state index in [-0.39, 0.29) is 12.2 Å². The molecule has 0 radical (unpaired) electrons. The van der Waals surface area contributed by atoms with E-state index in [1.54, 1.807) is 12.4 Å². The van der Waals surface area contributed by atoms with E-state index >= 15 is 0 Å². The summed E-state index contributed by atoms with van der Waals surface area (Å²) >= 11 is 0. The number of aromatic amines is 2. The summed E-state index contributed by atoms with van der Waals surface area (Å²) in [5.41, 5.74) is 3.94. The zero-order valence-electron chi connectivity index (χ0n) is 13.5. The molecule has 2 aromatic heterocycles. The summed E-state index contributed by atoms with van der Waals surface area (Å²) in [5, 5.41) is 14.2. The second kappa shape index (κ2) is 7.15. The molecule has 0 saturated carbocycles. The summed E-state index contributed by atoms with van der Waals surface area (Å²) in [5.74, 6) is 0. The molecule has 2 aromatic carbocycles. The van der Waals surface area contributed by atoms with Crippen LogP contribution < -0.4 is 0 Å². The Balaban J connectivity index is 1.74. The molecule has 2 N–H and O–H groups in total. The van der Waals surface area contributed by atoms with Gasteiger partial charge in [0.1, 0.15) is 12.2 Å². The Morgan fingerprint density at radius 1 is 0.600 bits per heavy atom. The van der Waals surface area contributed by atoms with Crippen molar-refractivity contribution in [2.24, 2.45) is 0 Å². The Morgan fingerprint density at radius 3 is 1.40 bits per heavy atom. The lowest BCUT2D eigenvalue weighted by Crippen LogP contribution is -2.14. The van der Waals surface area contributed by atoms with Crippen molar-refractivity contribution in [2.45, 2.75) is 12.2 Å². The zero-order valence-corrected chi connectivity index (χ0v) is 13.5. The second-order valence-corrected chi connectivity index (χ2v) is 5.74. The highest BCUT2D eigenvalue weighted by Crippen LogP contribution is 2.34. The Kier molecular flexibility index (Phi) is 4.39. The number of nitrogens with one attached hydrogen (secondary N) is 2. The topological polar surface area (TPSA) is 66.6 Å². The normalized spacial score (nSPS) is 13.4. The van der Waals surface area contributed by atoms with Crippen LogP contribution in [0.2, 0.25) is 0 Å². The van der Waals surface area contributed by atoms with Crippen molar-refractivity contribution >= 4 is 0 Å². The highest BCUT2D eigenvalue weighted by Gasteiger charge is 2.24. The number of rotatable bonds is 6. The summed E-state index contributed by atoms with van der Waals surface area (Å²) in [4.78, 5) is 0. The monoisotopic (exact) mass is 330 g/mol. The van der Waals surface area contributed by atoms with Gasteiger partial charge in [0, 0.05) is 12.4 Å². The van der Waals surface area contributed by atoms with Gasteiger partial charge in [0.25, 0.3) is 0 Å². The van der Waals surface area contributed by atoms with Crippen LogP contribution in [0.25, 0.3) is 0 Å². The summed E-state index contributed by atoms with van der Waals surface area (Å²) in [6.45, 7) is 0. The maximum Gasteiger partial charge on any atom is 0.125 e. The summed E-state index contributed by atoms with van der Waals surface area (Å²) in [6.07, 6.45) is 2.94. The van der Waals surface area contributed by atoms with Crippen molar-refractivity contribution in [1.29, 1.82) is 0 Å². The van der Waals surface area contributed by atoms with Crippen LogP contribution in [-0.4, -0.2) is 20.4 Å². The molecule has 25 heavy (non-hydrogen) atoms. The van der Waals surface area contributed by atoms with Gasteiger partial charge >= 0.3 is 0 Å². The van der Waals surface area contributed by atoms with Gasteiger partial charge in [-0.2, -0.15) is 10.2 Å². The summed E-state index contributed by atoms with van der Waals surface area (Å²) < 4.78 is 6.57. The van der Waals surface area contributed by atoms with E-state index in [1.165, 1.54) is 0 Å². The van der Waals surface area contributed by atoms with Crippen molar-refractivity contribution in [2.75, 3.05) is 0 Å². The Hall–Kier alpha value is -3.18. The summed E-state index contributed by atoms with van der Waals surface area (Å²) in [7, 11) is 0. The number of benzene rings is 2. The average Bonchev–Trinajstić information content (AvgIpc) is 3.38. The number of ether oxygens (including phenoxy) is 1. The molecular weight excluding hydrogens is 312 g/mol. The van der Waals surface area contributed by atoms with Gasteiger partial charge in [-0.3, -0.25) is 10.2 Å². The molecule has 0 amide bonds. The van der Waals surface area contributed by atoms with E-state index in [4.69, 9.17) is 4.74 Å². The van der Waals surface area contributed by atoms with Gasteiger partial charge in [0.05, 0.1) is 11.4 Å². The quantitative estimate of drug-likeness (QED) is 0.561. The lowest BCUT2D eigenvalue weighted by molar-refractivity contribution is 0.0261. The van der Waals surface area contributed by atoms with Gasteiger partial charge < -0.3 is 4.74 Å². The largest absolute Gasteiger partial charge is 0.353 e. The van der Waals surface area contributed by atoms with Crippen molar-refractivity contribution in [3.8, 4) is 0 Å². The minimum Gasteiger partial charge on any atom is -0.353 e. The van der Waals surface area contributed by atoms with Crippen LogP contribution in [0.4, 0.5) is 0 Å². The van der Waals surface area contributed by atoms with Crippen molar-refractivity contribution in [3.63, 3.8) is 0 Å². The molecule has 0 bridgehead atoms. The van der Waals surface area contributed by atoms with Gasteiger partial charge in [-0.15, -0.1) is 0 Å². The van der Waals surface area contributed by atoms with E-state index in [0.29, 0.717) is 0 Å². The third kappa shape index (κ3) is 3.36. The van der Waals surface area contributed by atoms with Gasteiger partial charge in [0.15, 0.2) is 0 Å². The molecule has 0 saturated heterocycles. The molecule has 2 atom stereocenters. The molecule has 0 aliphatic rings.